The zero-order chi connectivity index (χ0) is 13.5. The molecular formula is C13H19BrN2O2S. The Bertz CT molecular complexity index is 405. The third-order valence-electron chi connectivity index (χ3n) is 3.04. The van der Waals surface area contributed by atoms with Crippen LogP contribution in [0.5, 0.6) is 0 Å². The van der Waals surface area contributed by atoms with Crippen molar-refractivity contribution in [3.63, 3.8) is 0 Å². The number of hydrogen-bond donors (Lipinski definition) is 2. The number of halogens is 1. The average Bonchev–Trinajstić information content (AvgIpc) is 2.86. The van der Waals surface area contributed by atoms with Gasteiger partial charge in [0.05, 0.1) is 14.8 Å². The number of hydrogen-bond acceptors (Lipinski definition) is 4. The second kappa shape index (κ2) is 7.99. The Balaban J connectivity index is 1.55. The van der Waals surface area contributed by atoms with Crippen molar-refractivity contribution in [1.29, 1.82) is 0 Å². The number of piperidine rings is 1. The Kier molecular flexibility index (Phi) is 6.30. The second-order valence-electron chi connectivity index (χ2n) is 4.53. The summed E-state index contributed by atoms with van der Waals surface area (Å²) in [4.78, 5) is 12.5. The zero-order valence-corrected chi connectivity index (χ0v) is 13.2. The van der Waals surface area contributed by atoms with Gasteiger partial charge in [0, 0.05) is 13.2 Å². The van der Waals surface area contributed by atoms with E-state index < -0.39 is 0 Å². The molecule has 4 nitrogen and oxygen atoms in total. The minimum absolute atomic E-state index is 0.00225. The molecule has 0 unspecified atom stereocenters. The lowest BCUT2D eigenvalue weighted by Gasteiger charge is -2.22. The zero-order valence-electron chi connectivity index (χ0n) is 10.8. The maximum atomic E-state index is 11.8. The van der Waals surface area contributed by atoms with Crippen molar-refractivity contribution < 1.29 is 9.53 Å². The fourth-order valence-electron chi connectivity index (χ4n) is 2.01. The highest BCUT2D eigenvalue weighted by Gasteiger charge is 2.12. The van der Waals surface area contributed by atoms with Crippen molar-refractivity contribution in [2.24, 2.45) is 0 Å². The van der Waals surface area contributed by atoms with Crippen LogP contribution in [-0.2, 0) is 4.74 Å². The molecule has 0 aliphatic carbocycles. The van der Waals surface area contributed by atoms with Crippen LogP contribution in [0.15, 0.2) is 15.9 Å². The predicted octanol–water partition coefficient (Wildman–Crippen LogP) is 2.40. The van der Waals surface area contributed by atoms with Crippen LogP contribution in [0.4, 0.5) is 0 Å². The topological polar surface area (TPSA) is 50.4 Å². The number of nitrogens with one attached hydrogen (secondary N) is 2. The van der Waals surface area contributed by atoms with Crippen molar-refractivity contribution >= 4 is 33.2 Å². The van der Waals surface area contributed by atoms with Gasteiger partial charge in [-0.3, -0.25) is 4.79 Å². The number of ether oxygens (including phenoxy) is 1. The van der Waals surface area contributed by atoms with Crippen LogP contribution >= 0.6 is 27.3 Å². The first-order valence-corrected chi connectivity index (χ1v) is 8.22. The highest BCUT2D eigenvalue weighted by Crippen LogP contribution is 2.21. The maximum Gasteiger partial charge on any atom is 0.261 e. The van der Waals surface area contributed by atoms with E-state index in [2.05, 4.69) is 26.6 Å². The first-order valence-electron chi connectivity index (χ1n) is 6.61. The lowest BCUT2D eigenvalue weighted by molar-refractivity contribution is 0.0318. The standard InChI is InChI=1S/C13H19BrN2O2S/c14-12-3-2-11(19-12)13(17)16-6-1-9-18-10-4-7-15-8-5-10/h2-3,10,15H,1,4-9H2,(H,16,17). The van der Waals surface area contributed by atoms with Crippen LogP contribution < -0.4 is 10.6 Å². The van der Waals surface area contributed by atoms with Crippen molar-refractivity contribution in [1.82, 2.24) is 10.6 Å². The van der Waals surface area contributed by atoms with Gasteiger partial charge in [-0.05, 0) is 60.4 Å². The molecule has 0 aromatic carbocycles. The summed E-state index contributed by atoms with van der Waals surface area (Å²) >= 11 is 4.80. The number of carbonyl (C=O) groups excluding carboxylic acids is 1. The van der Waals surface area contributed by atoms with E-state index in [1.54, 1.807) is 0 Å². The molecule has 0 radical (unpaired) electrons. The van der Waals surface area contributed by atoms with Crippen LogP contribution in [-0.4, -0.2) is 38.3 Å². The van der Waals surface area contributed by atoms with E-state index >= 15 is 0 Å². The Morgan fingerprint density at radius 1 is 1.47 bits per heavy atom. The van der Waals surface area contributed by atoms with Gasteiger partial charge in [0.15, 0.2) is 0 Å². The number of carbonyl (C=O) groups is 1. The summed E-state index contributed by atoms with van der Waals surface area (Å²) in [5, 5.41) is 6.22. The molecule has 0 spiro atoms. The molecule has 6 heteroatoms. The normalized spacial score (nSPS) is 16.5. The van der Waals surface area contributed by atoms with Gasteiger partial charge in [0.1, 0.15) is 0 Å². The molecule has 2 rings (SSSR count). The van der Waals surface area contributed by atoms with Crippen LogP contribution in [0.1, 0.15) is 28.9 Å². The second-order valence-corrected chi connectivity index (χ2v) is 7.00. The third kappa shape index (κ3) is 5.22. The molecule has 1 saturated heterocycles. The van der Waals surface area contributed by atoms with Crippen LogP contribution in [0.2, 0.25) is 0 Å². The van der Waals surface area contributed by atoms with Gasteiger partial charge in [0.2, 0.25) is 0 Å². The molecule has 0 bridgehead atoms. The SMILES string of the molecule is O=C(NCCCOC1CCNCC1)c1ccc(Br)s1. The fourth-order valence-corrected chi connectivity index (χ4v) is 3.31. The summed E-state index contributed by atoms with van der Waals surface area (Å²) < 4.78 is 6.76. The van der Waals surface area contributed by atoms with Crippen LogP contribution in [0, 0.1) is 0 Å². The Morgan fingerprint density at radius 3 is 2.95 bits per heavy atom. The molecule has 106 valence electrons. The predicted molar refractivity (Wildman–Crippen MR) is 80.8 cm³/mol. The van der Waals surface area contributed by atoms with Gasteiger partial charge >= 0.3 is 0 Å². The molecule has 2 heterocycles. The molecule has 1 aromatic rings. The van der Waals surface area contributed by atoms with E-state index in [1.807, 2.05) is 12.1 Å². The Labute approximate surface area is 126 Å². The van der Waals surface area contributed by atoms with E-state index in [4.69, 9.17) is 4.74 Å². The summed E-state index contributed by atoms with van der Waals surface area (Å²) in [6, 6.07) is 3.72. The lowest BCUT2D eigenvalue weighted by Crippen LogP contribution is -2.33. The molecule has 0 atom stereocenters. The van der Waals surface area contributed by atoms with Gasteiger partial charge in [-0.2, -0.15) is 0 Å². The van der Waals surface area contributed by atoms with Crippen molar-refractivity contribution in [2.45, 2.75) is 25.4 Å². The smallest absolute Gasteiger partial charge is 0.261 e. The van der Waals surface area contributed by atoms with E-state index in [1.165, 1.54) is 11.3 Å². The maximum absolute atomic E-state index is 11.8. The first-order chi connectivity index (χ1) is 9.25. The minimum atomic E-state index is -0.00225. The summed E-state index contributed by atoms with van der Waals surface area (Å²) in [5.41, 5.74) is 0. The van der Waals surface area contributed by atoms with Gasteiger partial charge in [-0.15, -0.1) is 11.3 Å². The van der Waals surface area contributed by atoms with Gasteiger partial charge in [-0.25, -0.2) is 0 Å². The molecule has 2 N–H and O–H groups in total. The molecule has 1 aromatic heterocycles. The van der Waals surface area contributed by atoms with Gasteiger partial charge in [-0.1, -0.05) is 0 Å². The molecule has 1 amide bonds. The molecule has 0 saturated carbocycles. The van der Waals surface area contributed by atoms with Crippen molar-refractivity contribution in [3.05, 3.63) is 20.8 Å². The molecule has 1 aliphatic rings. The number of rotatable bonds is 6. The van der Waals surface area contributed by atoms with Crippen molar-refractivity contribution in [3.8, 4) is 0 Å². The van der Waals surface area contributed by atoms with E-state index in [9.17, 15) is 4.79 Å². The summed E-state index contributed by atoms with van der Waals surface area (Å²) in [7, 11) is 0. The largest absolute Gasteiger partial charge is 0.378 e. The quantitative estimate of drug-likeness (QED) is 0.777. The van der Waals surface area contributed by atoms with Crippen LogP contribution in [0.3, 0.4) is 0 Å². The van der Waals surface area contributed by atoms with Crippen molar-refractivity contribution in [2.75, 3.05) is 26.2 Å². The van der Waals surface area contributed by atoms with Gasteiger partial charge < -0.3 is 15.4 Å². The number of amides is 1. The molecule has 1 fully saturated rings. The number of thiophene rings is 1. The summed E-state index contributed by atoms with van der Waals surface area (Å²) in [6.07, 6.45) is 3.44. The molecular weight excluding hydrogens is 328 g/mol. The third-order valence-corrected chi connectivity index (χ3v) is 4.67. The van der Waals surface area contributed by atoms with Crippen LogP contribution in [0.25, 0.3) is 0 Å². The lowest BCUT2D eigenvalue weighted by atomic mass is 10.1. The van der Waals surface area contributed by atoms with E-state index in [0.29, 0.717) is 12.6 Å². The Hall–Kier alpha value is -0.430. The summed E-state index contributed by atoms with van der Waals surface area (Å²) in [6.45, 7) is 3.49. The minimum Gasteiger partial charge on any atom is -0.378 e. The average molecular weight is 347 g/mol. The van der Waals surface area contributed by atoms with E-state index in [0.717, 1.165) is 47.6 Å². The fraction of sp³-hybridized carbons (Fsp3) is 0.615. The molecule has 1 aliphatic heterocycles. The highest BCUT2D eigenvalue weighted by atomic mass is 79.9. The highest BCUT2D eigenvalue weighted by molar-refractivity contribution is 9.11. The summed E-state index contributed by atoms with van der Waals surface area (Å²) in [5.74, 6) is -0.00225. The van der Waals surface area contributed by atoms with Gasteiger partial charge in [0.25, 0.3) is 5.91 Å². The molecule has 19 heavy (non-hydrogen) atoms. The monoisotopic (exact) mass is 346 g/mol. The first kappa shape index (κ1) is 15.0. The Morgan fingerprint density at radius 2 is 2.26 bits per heavy atom. The van der Waals surface area contributed by atoms with E-state index in [-0.39, 0.29) is 5.91 Å².